The number of nitrogens with one attached hydrogen (secondary N) is 1. The van der Waals surface area contributed by atoms with Crippen molar-refractivity contribution in [1.82, 2.24) is 9.88 Å². The molecule has 2 heterocycles. The van der Waals surface area contributed by atoms with Gasteiger partial charge in [0, 0.05) is 35.5 Å². The molecule has 7 heteroatoms. The average Bonchev–Trinajstić information content (AvgIpc) is 3.09. The van der Waals surface area contributed by atoms with E-state index in [0.29, 0.717) is 30.2 Å². The van der Waals surface area contributed by atoms with Gasteiger partial charge in [0.2, 0.25) is 0 Å². The summed E-state index contributed by atoms with van der Waals surface area (Å²) in [6.45, 7) is 6.58. The van der Waals surface area contributed by atoms with Crippen molar-refractivity contribution in [3.8, 4) is 11.5 Å². The maximum absolute atomic E-state index is 14.8. The van der Waals surface area contributed by atoms with E-state index in [1.54, 1.807) is 36.2 Å². The third-order valence-electron chi connectivity index (χ3n) is 5.42. The maximum Gasteiger partial charge on any atom is 0.254 e. The first-order valence-corrected chi connectivity index (χ1v) is 10.1. The minimum absolute atomic E-state index is 0.0505. The van der Waals surface area contributed by atoms with Gasteiger partial charge < -0.3 is 15.0 Å². The van der Waals surface area contributed by atoms with Crippen LogP contribution >= 0.6 is 0 Å². The Bertz CT molecular complexity index is 1130. The number of pyridine rings is 1. The number of benzene rings is 2. The van der Waals surface area contributed by atoms with Gasteiger partial charge in [0.05, 0.1) is 12.6 Å². The number of aryl methyl sites for hydroxylation is 1. The molecule has 1 aliphatic rings. The third kappa shape index (κ3) is 4.08. The molecule has 0 unspecified atom stereocenters. The number of fused-ring (bicyclic) bond motifs is 1. The van der Waals surface area contributed by atoms with Crippen molar-refractivity contribution < 1.29 is 18.3 Å². The van der Waals surface area contributed by atoms with E-state index in [-0.39, 0.29) is 17.2 Å². The molecular weight excluding hydrogens is 400 g/mol. The standard InChI is InChI=1S/C24H23F2N3O2/c1-4-29-13-19-17(24(29)30)9-10-27-23(19)28-15(3)18-11-21(26)22(12-20(18)25)31-16-7-5-14(2)6-8-16/h5-12,15H,4,13H2,1-3H3,(H,27,28)/t15-/m0/s1. The lowest BCUT2D eigenvalue weighted by Crippen LogP contribution is -2.22. The lowest BCUT2D eigenvalue weighted by Gasteiger charge is -2.19. The van der Waals surface area contributed by atoms with Gasteiger partial charge in [0.1, 0.15) is 17.4 Å². The minimum atomic E-state index is -0.663. The molecular formula is C24H23F2N3O2. The number of rotatable bonds is 6. The molecule has 3 aromatic rings. The molecule has 4 rings (SSSR count). The first-order valence-electron chi connectivity index (χ1n) is 10.1. The van der Waals surface area contributed by atoms with Gasteiger partial charge in [-0.2, -0.15) is 0 Å². The first-order chi connectivity index (χ1) is 14.9. The Labute approximate surface area is 179 Å². The fourth-order valence-corrected chi connectivity index (χ4v) is 3.64. The summed E-state index contributed by atoms with van der Waals surface area (Å²) in [6, 6.07) is 10.4. The van der Waals surface area contributed by atoms with Gasteiger partial charge in [-0.05, 0) is 45.0 Å². The number of anilines is 1. The zero-order valence-corrected chi connectivity index (χ0v) is 17.6. The highest BCUT2D eigenvalue weighted by Crippen LogP contribution is 2.33. The third-order valence-corrected chi connectivity index (χ3v) is 5.42. The van der Waals surface area contributed by atoms with E-state index < -0.39 is 17.7 Å². The normalized spacial score (nSPS) is 13.8. The molecule has 31 heavy (non-hydrogen) atoms. The molecule has 160 valence electrons. The van der Waals surface area contributed by atoms with Crippen LogP contribution in [0.25, 0.3) is 0 Å². The zero-order valence-electron chi connectivity index (χ0n) is 17.6. The SMILES string of the molecule is CCN1Cc2c(ccnc2N[C@@H](C)c2cc(F)c(Oc3ccc(C)cc3)cc2F)C1=O. The number of carbonyl (C=O) groups is 1. The van der Waals surface area contributed by atoms with Gasteiger partial charge in [-0.25, -0.2) is 13.8 Å². The number of amides is 1. The van der Waals surface area contributed by atoms with E-state index in [2.05, 4.69) is 10.3 Å². The van der Waals surface area contributed by atoms with Crippen molar-refractivity contribution in [2.24, 2.45) is 0 Å². The molecule has 0 fully saturated rings. The molecule has 0 aliphatic carbocycles. The second kappa shape index (κ2) is 8.34. The van der Waals surface area contributed by atoms with E-state index in [1.165, 1.54) is 0 Å². The Kier molecular flexibility index (Phi) is 5.59. The van der Waals surface area contributed by atoms with Crippen LogP contribution in [0.15, 0.2) is 48.7 Å². The highest BCUT2D eigenvalue weighted by Gasteiger charge is 2.29. The number of carbonyl (C=O) groups excluding carboxylic acids is 1. The fraction of sp³-hybridized carbons (Fsp3) is 0.250. The van der Waals surface area contributed by atoms with Crippen LogP contribution < -0.4 is 10.1 Å². The summed E-state index contributed by atoms with van der Waals surface area (Å²) in [5, 5.41) is 3.13. The fourth-order valence-electron chi connectivity index (χ4n) is 3.64. The number of ether oxygens (including phenoxy) is 1. The van der Waals surface area contributed by atoms with E-state index in [4.69, 9.17) is 4.74 Å². The van der Waals surface area contributed by atoms with E-state index in [1.807, 2.05) is 26.0 Å². The smallest absolute Gasteiger partial charge is 0.254 e. The number of hydrogen-bond acceptors (Lipinski definition) is 4. The largest absolute Gasteiger partial charge is 0.454 e. The monoisotopic (exact) mass is 423 g/mol. The highest BCUT2D eigenvalue weighted by atomic mass is 19.1. The second-order valence-electron chi connectivity index (χ2n) is 7.59. The van der Waals surface area contributed by atoms with Crippen LogP contribution in [0.5, 0.6) is 11.5 Å². The molecule has 0 saturated heterocycles. The van der Waals surface area contributed by atoms with Crippen molar-refractivity contribution in [2.75, 3.05) is 11.9 Å². The molecule has 1 N–H and O–H groups in total. The molecule has 0 spiro atoms. The van der Waals surface area contributed by atoms with Crippen LogP contribution in [0, 0.1) is 18.6 Å². The molecule has 1 aliphatic heterocycles. The summed E-state index contributed by atoms with van der Waals surface area (Å²) in [5.74, 6) is -0.566. The Morgan fingerprint density at radius 2 is 1.90 bits per heavy atom. The van der Waals surface area contributed by atoms with Crippen molar-refractivity contribution in [3.05, 3.63) is 82.5 Å². The van der Waals surface area contributed by atoms with Gasteiger partial charge in [-0.15, -0.1) is 0 Å². The van der Waals surface area contributed by atoms with Crippen LogP contribution in [0.3, 0.4) is 0 Å². The lowest BCUT2D eigenvalue weighted by atomic mass is 10.1. The number of nitrogens with zero attached hydrogens (tertiary/aromatic N) is 2. The molecule has 5 nitrogen and oxygen atoms in total. The van der Waals surface area contributed by atoms with Crippen LogP contribution in [-0.2, 0) is 6.54 Å². The van der Waals surface area contributed by atoms with E-state index in [0.717, 1.165) is 23.3 Å². The number of hydrogen-bond donors (Lipinski definition) is 1. The second-order valence-corrected chi connectivity index (χ2v) is 7.59. The topological polar surface area (TPSA) is 54.5 Å². The van der Waals surface area contributed by atoms with Gasteiger partial charge >= 0.3 is 0 Å². The van der Waals surface area contributed by atoms with Gasteiger partial charge in [0.25, 0.3) is 5.91 Å². The summed E-state index contributed by atoms with van der Waals surface area (Å²) in [7, 11) is 0. The quantitative estimate of drug-likeness (QED) is 0.560. The molecule has 0 bridgehead atoms. The Hall–Kier alpha value is -3.48. The number of halogens is 2. The van der Waals surface area contributed by atoms with Crippen molar-refractivity contribution in [2.45, 2.75) is 33.4 Å². The van der Waals surface area contributed by atoms with Crippen molar-refractivity contribution >= 4 is 11.7 Å². The van der Waals surface area contributed by atoms with Gasteiger partial charge in [0.15, 0.2) is 11.6 Å². The summed E-state index contributed by atoms with van der Waals surface area (Å²) in [5.41, 5.74) is 2.53. The van der Waals surface area contributed by atoms with Crippen LogP contribution in [0.4, 0.5) is 14.6 Å². The molecule has 1 amide bonds. The number of aromatic nitrogens is 1. The molecule has 0 saturated carbocycles. The summed E-state index contributed by atoms with van der Waals surface area (Å²) >= 11 is 0. The first kappa shape index (κ1) is 20.8. The van der Waals surface area contributed by atoms with Gasteiger partial charge in [-0.3, -0.25) is 4.79 Å². The van der Waals surface area contributed by atoms with E-state index >= 15 is 0 Å². The Morgan fingerprint density at radius 3 is 2.61 bits per heavy atom. The van der Waals surface area contributed by atoms with Crippen LogP contribution in [0.1, 0.15) is 46.9 Å². The highest BCUT2D eigenvalue weighted by molar-refractivity contribution is 5.99. The zero-order chi connectivity index (χ0) is 22.1. The molecule has 1 atom stereocenters. The summed E-state index contributed by atoms with van der Waals surface area (Å²) in [4.78, 5) is 18.4. The minimum Gasteiger partial charge on any atom is -0.454 e. The molecule has 0 radical (unpaired) electrons. The summed E-state index contributed by atoms with van der Waals surface area (Å²) in [6.07, 6.45) is 1.54. The Balaban J connectivity index is 1.56. The molecule has 2 aromatic carbocycles. The lowest BCUT2D eigenvalue weighted by molar-refractivity contribution is 0.0787. The predicted octanol–water partition coefficient (Wildman–Crippen LogP) is 5.61. The van der Waals surface area contributed by atoms with Crippen molar-refractivity contribution in [3.63, 3.8) is 0 Å². The van der Waals surface area contributed by atoms with Crippen LogP contribution in [-0.4, -0.2) is 22.3 Å². The van der Waals surface area contributed by atoms with Crippen molar-refractivity contribution in [1.29, 1.82) is 0 Å². The van der Waals surface area contributed by atoms with Crippen LogP contribution in [0.2, 0.25) is 0 Å². The average molecular weight is 423 g/mol. The predicted molar refractivity (Wildman–Crippen MR) is 114 cm³/mol. The van der Waals surface area contributed by atoms with E-state index in [9.17, 15) is 13.6 Å². The molecule has 1 aromatic heterocycles. The Morgan fingerprint density at radius 1 is 1.16 bits per heavy atom. The summed E-state index contributed by atoms with van der Waals surface area (Å²) < 4.78 is 35.0. The maximum atomic E-state index is 14.8. The van der Waals surface area contributed by atoms with Gasteiger partial charge in [-0.1, -0.05) is 17.7 Å².